The van der Waals surface area contributed by atoms with Crippen LogP contribution in [-0.2, 0) is 9.53 Å². The summed E-state index contributed by atoms with van der Waals surface area (Å²) in [5, 5.41) is 0. The van der Waals surface area contributed by atoms with Crippen LogP contribution >= 0.6 is 0 Å². The van der Waals surface area contributed by atoms with Crippen LogP contribution in [0.1, 0.15) is 41.5 Å². The lowest BCUT2D eigenvalue weighted by Gasteiger charge is -2.37. The maximum Gasteiger partial charge on any atom is 0.331 e. The van der Waals surface area contributed by atoms with Gasteiger partial charge in [-0.15, -0.1) is 0 Å². The van der Waals surface area contributed by atoms with Crippen molar-refractivity contribution in [2.75, 3.05) is 20.1 Å². The van der Waals surface area contributed by atoms with Crippen LogP contribution in [0.3, 0.4) is 0 Å². The molecule has 0 rings (SSSR count). The van der Waals surface area contributed by atoms with Gasteiger partial charge in [-0.2, -0.15) is 0 Å². The predicted octanol–water partition coefficient (Wildman–Crippen LogP) is 2.86. The van der Waals surface area contributed by atoms with Crippen molar-refractivity contribution in [2.45, 2.75) is 47.1 Å². The molecule has 0 radical (unpaired) electrons. The Morgan fingerprint density at radius 3 is 2.18 bits per heavy atom. The zero-order valence-electron chi connectivity index (χ0n) is 12.3. The van der Waals surface area contributed by atoms with E-state index in [1.807, 2.05) is 27.0 Å². The first-order valence-corrected chi connectivity index (χ1v) is 6.18. The minimum atomic E-state index is -0.467. The maximum atomic E-state index is 11.6. The highest BCUT2D eigenvalue weighted by molar-refractivity contribution is 5.82. The van der Waals surface area contributed by atoms with E-state index in [-0.39, 0.29) is 11.4 Å². The Morgan fingerprint density at radius 2 is 1.76 bits per heavy atom. The maximum absolute atomic E-state index is 11.6. The van der Waals surface area contributed by atoms with Crippen LogP contribution in [0.25, 0.3) is 0 Å². The summed E-state index contributed by atoms with van der Waals surface area (Å²) in [6, 6.07) is 0. The van der Waals surface area contributed by atoms with Crippen LogP contribution in [0.5, 0.6) is 0 Å². The minimum Gasteiger partial charge on any atom is -0.456 e. The molecule has 0 fully saturated rings. The molecule has 0 aliphatic carbocycles. The molecule has 0 spiro atoms. The van der Waals surface area contributed by atoms with Crippen molar-refractivity contribution < 1.29 is 9.53 Å². The fraction of sp³-hybridized carbons (Fsp3) is 0.786. The molecule has 100 valence electrons. The first-order chi connectivity index (χ1) is 7.60. The van der Waals surface area contributed by atoms with Crippen LogP contribution < -0.4 is 0 Å². The van der Waals surface area contributed by atoms with Gasteiger partial charge >= 0.3 is 5.97 Å². The lowest BCUT2D eigenvalue weighted by molar-refractivity contribution is -0.160. The summed E-state index contributed by atoms with van der Waals surface area (Å²) in [4.78, 5) is 13.8. The molecule has 0 aromatic rings. The van der Waals surface area contributed by atoms with Crippen LogP contribution in [0.15, 0.2) is 12.2 Å². The summed E-state index contributed by atoms with van der Waals surface area (Å²) in [7, 11) is 2.01. The zero-order valence-corrected chi connectivity index (χ0v) is 12.3. The molecule has 0 saturated heterocycles. The first kappa shape index (κ1) is 16.2. The van der Waals surface area contributed by atoms with Crippen LogP contribution in [0, 0.1) is 5.41 Å². The second-order valence-electron chi connectivity index (χ2n) is 5.94. The second-order valence-corrected chi connectivity index (χ2v) is 5.94. The number of carbonyl (C=O) groups excluding carboxylic acids is 1. The van der Waals surface area contributed by atoms with Gasteiger partial charge in [0, 0.05) is 18.0 Å². The fourth-order valence-electron chi connectivity index (χ4n) is 0.897. The van der Waals surface area contributed by atoms with Crippen molar-refractivity contribution in [3.05, 3.63) is 12.2 Å². The van der Waals surface area contributed by atoms with Crippen LogP contribution in [0.2, 0.25) is 0 Å². The Kier molecular flexibility index (Phi) is 5.89. The smallest absolute Gasteiger partial charge is 0.331 e. The average Bonchev–Trinajstić information content (AvgIpc) is 2.14. The quantitative estimate of drug-likeness (QED) is 0.547. The summed E-state index contributed by atoms with van der Waals surface area (Å²) >= 11 is 0. The van der Waals surface area contributed by atoms with E-state index in [2.05, 4.69) is 32.6 Å². The number of carbonyl (C=O) groups is 1. The Labute approximate surface area is 106 Å². The number of hydrogen-bond acceptors (Lipinski definition) is 3. The molecule has 17 heavy (non-hydrogen) atoms. The molecule has 0 atom stereocenters. The standard InChI is InChI=1S/C14H27NO2/c1-8-15(7)11-9-10-12(16)17-14(5,6)13(2,3)4/h9-10H,8,11H2,1-7H3/b10-9+. The van der Waals surface area contributed by atoms with E-state index in [0.29, 0.717) is 0 Å². The van der Waals surface area contributed by atoms with Gasteiger partial charge in [0.1, 0.15) is 5.60 Å². The summed E-state index contributed by atoms with van der Waals surface area (Å²) in [5.41, 5.74) is -0.540. The molecule has 0 unspecified atom stereocenters. The van der Waals surface area contributed by atoms with E-state index in [1.165, 1.54) is 6.08 Å². The van der Waals surface area contributed by atoms with Crippen molar-refractivity contribution in [1.82, 2.24) is 4.90 Å². The SMILES string of the molecule is CCN(C)C/C=C/C(=O)OC(C)(C)C(C)(C)C. The van der Waals surface area contributed by atoms with Crippen molar-refractivity contribution in [3.63, 3.8) is 0 Å². The van der Waals surface area contributed by atoms with Gasteiger partial charge in [0.2, 0.25) is 0 Å². The number of esters is 1. The van der Waals surface area contributed by atoms with Crippen LogP contribution in [0.4, 0.5) is 0 Å². The minimum absolute atomic E-state index is 0.0727. The average molecular weight is 241 g/mol. The summed E-state index contributed by atoms with van der Waals surface area (Å²) < 4.78 is 5.47. The summed E-state index contributed by atoms with van der Waals surface area (Å²) in [6.45, 7) is 13.9. The van der Waals surface area contributed by atoms with E-state index in [0.717, 1.165) is 13.1 Å². The third kappa shape index (κ3) is 5.87. The van der Waals surface area contributed by atoms with Gasteiger partial charge in [-0.05, 0) is 27.4 Å². The van der Waals surface area contributed by atoms with Gasteiger partial charge < -0.3 is 9.64 Å². The van der Waals surface area contributed by atoms with E-state index in [4.69, 9.17) is 4.74 Å². The third-order valence-electron chi connectivity index (χ3n) is 3.37. The van der Waals surface area contributed by atoms with E-state index >= 15 is 0 Å². The number of likely N-dealkylation sites (N-methyl/N-ethyl adjacent to an activating group) is 1. The molecule has 0 N–H and O–H groups in total. The Bertz CT molecular complexity index is 274. The monoisotopic (exact) mass is 241 g/mol. The molecule has 0 aliphatic heterocycles. The highest BCUT2D eigenvalue weighted by Crippen LogP contribution is 2.32. The molecular weight excluding hydrogens is 214 g/mol. The van der Waals surface area contributed by atoms with Crippen molar-refractivity contribution in [1.29, 1.82) is 0 Å². The number of hydrogen-bond donors (Lipinski definition) is 0. The van der Waals surface area contributed by atoms with Crippen LogP contribution in [-0.4, -0.2) is 36.6 Å². The van der Waals surface area contributed by atoms with Crippen molar-refractivity contribution >= 4 is 5.97 Å². The molecule has 0 saturated carbocycles. The van der Waals surface area contributed by atoms with Crippen molar-refractivity contribution in [2.24, 2.45) is 5.41 Å². The molecule has 0 amide bonds. The third-order valence-corrected chi connectivity index (χ3v) is 3.37. The highest BCUT2D eigenvalue weighted by atomic mass is 16.6. The summed E-state index contributed by atoms with van der Waals surface area (Å²) in [5.74, 6) is -0.269. The Morgan fingerprint density at radius 1 is 1.24 bits per heavy atom. The van der Waals surface area contributed by atoms with Gasteiger partial charge in [0.15, 0.2) is 0 Å². The summed E-state index contributed by atoms with van der Waals surface area (Å²) in [6.07, 6.45) is 3.35. The largest absolute Gasteiger partial charge is 0.456 e. The number of ether oxygens (including phenoxy) is 1. The lowest BCUT2D eigenvalue weighted by Crippen LogP contribution is -2.40. The molecular formula is C14H27NO2. The number of rotatable bonds is 5. The molecule has 0 heterocycles. The topological polar surface area (TPSA) is 29.5 Å². The zero-order chi connectivity index (χ0) is 13.7. The van der Waals surface area contributed by atoms with Crippen molar-refractivity contribution in [3.8, 4) is 0 Å². The van der Waals surface area contributed by atoms with E-state index < -0.39 is 5.60 Å². The molecule has 0 aliphatic rings. The lowest BCUT2D eigenvalue weighted by atomic mass is 9.79. The predicted molar refractivity (Wildman–Crippen MR) is 71.9 cm³/mol. The highest BCUT2D eigenvalue weighted by Gasteiger charge is 2.35. The Hall–Kier alpha value is -0.830. The molecule has 0 aromatic carbocycles. The first-order valence-electron chi connectivity index (χ1n) is 6.18. The fourth-order valence-corrected chi connectivity index (χ4v) is 0.897. The van der Waals surface area contributed by atoms with Gasteiger partial charge in [-0.3, -0.25) is 0 Å². The normalized spacial score (nSPS) is 13.4. The Balaban J connectivity index is 4.28. The van der Waals surface area contributed by atoms with Gasteiger partial charge in [-0.1, -0.05) is 33.8 Å². The van der Waals surface area contributed by atoms with E-state index in [1.54, 1.807) is 0 Å². The number of nitrogens with zero attached hydrogens (tertiary/aromatic N) is 1. The van der Waals surface area contributed by atoms with Gasteiger partial charge in [0.05, 0.1) is 0 Å². The van der Waals surface area contributed by atoms with Gasteiger partial charge in [-0.25, -0.2) is 4.79 Å². The van der Waals surface area contributed by atoms with E-state index in [9.17, 15) is 4.79 Å². The van der Waals surface area contributed by atoms with Gasteiger partial charge in [0.25, 0.3) is 0 Å². The molecule has 3 nitrogen and oxygen atoms in total. The molecule has 0 bridgehead atoms. The molecule has 0 aromatic heterocycles. The second kappa shape index (κ2) is 6.20. The molecule has 3 heteroatoms.